The van der Waals surface area contributed by atoms with Gasteiger partial charge >= 0.3 is 0 Å². The van der Waals surface area contributed by atoms with E-state index in [1.165, 1.54) is 12.0 Å². The van der Waals surface area contributed by atoms with Crippen molar-refractivity contribution in [1.29, 1.82) is 0 Å². The maximum Gasteiger partial charge on any atom is 0.245 e. The number of nitrogens with zero attached hydrogens (tertiary/aromatic N) is 1. The van der Waals surface area contributed by atoms with Crippen molar-refractivity contribution in [2.24, 2.45) is 0 Å². The molecule has 3 unspecified atom stereocenters. The number of hydrogen-bond acceptors (Lipinski definition) is 7. The molecule has 3 aliphatic rings. The molecule has 0 spiro atoms. The molecule has 8 nitrogen and oxygen atoms in total. The maximum absolute atomic E-state index is 13.1. The van der Waals surface area contributed by atoms with Gasteiger partial charge in [0, 0.05) is 24.9 Å². The van der Waals surface area contributed by atoms with E-state index in [9.17, 15) is 9.90 Å². The van der Waals surface area contributed by atoms with Gasteiger partial charge in [-0.1, -0.05) is 24.8 Å². The Morgan fingerprint density at radius 1 is 1.42 bits per heavy atom. The second-order valence-electron chi connectivity index (χ2n) is 7.93. The minimum Gasteiger partial charge on any atom is -0.467 e. The van der Waals surface area contributed by atoms with E-state index >= 15 is 0 Å². The van der Waals surface area contributed by atoms with Crippen LogP contribution in [0.2, 0.25) is 0 Å². The number of alkyl halides is 1. The lowest BCUT2D eigenvalue weighted by Gasteiger charge is -2.28. The van der Waals surface area contributed by atoms with Crippen molar-refractivity contribution in [2.75, 3.05) is 31.6 Å². The van der Waals surface area contributed by atoms with Crippen LogP contribution in [0.3, 0.4) is 0 Å². The lowest BCUT2D eigenvalue weighted by atomic mass is 9.98. The number of fused-ring (bicyclic) bond motifs is 1. The van der Waals surface area contributed by atoms with Crippen molar-refractivity contribution in [3.63, 3.8) is 0 Å². The van der Waals surface area contributed by atoms with Crippen LogP contribution in [0.5, 0.6) is 0 Å². The second kappa shape index (κ2) is 9.51. The van der Waals surface area contributed by atoms with Crippen molar-refractivity contribution in [3.05, 3.63) is 76.6 Å². The molecule has 0 aliphatic carbocycles. The van der Waals surface area contributed by atoms with Crippen LogP contribution in [-0.2, 0) is 23.7 Å². The zero-order chi connectivity index (χ0) is 23.7. The van der Waals surface area contributed by atoms with E-state index in [0.717, 1.165) is 11.3 Å². The molecule has 0 fully saturated rings. The third kappa shape index (κ3) is 4.21. The largest absolute Gasteiger partial charge is 0.467 e. The number of methoxy groups -OCH3 is 1. The Hall–Kier alpha value is -2.94. The first-order valence-electron chi connectivity index (χ1n) is 10.5. The molecule has 176 valence electrons. The first-order chi connectivity index (χ1) is 15.9. The standard InChI is InChI=1S/C24H27ClN2O6/c1-13(2)16(9-19-14(3)31-12-32-19)23-27(20(28)10-25)21(24(29)30-4)22(33-23)17-11-26-18-8-6-5-7-15(17)18/h5-9,17,23-24,26,29H,1,10-12H2,2-4H3. The molecular weight excluding hydrogens is 448 g/mol. The number of aliphatic hydroxyl groups excluding tert-OH is 1. The third-order valence-corrected chi connectivity index (χ3v) is 6.09. The summed E-state index contributed by atoms with van der Waals surface area (Å²) in [6.45, 7) is 8.32. The van der Waals surface area contributed by atoms with Crippen LogP contribution in [0.4, 0.5) is 5.69 Å². The molecule has 3 heterocycles. The van der Waals surface area contributed by atoms with Crippen LogP contribution in [0.15, 0.2) is 71.0 Å². The summed E-state index contributed by atoms with van der Waals surface area (Å²) in [6, 6.07) is 7.84. The molecule has 0 bridgehead atoms. The van der Waals surface area contributed by atoms with Gasteiger partial charge < -0.3 is 29.4 Å². The number of anilines is 1. The van der Waals surface area contributed by atoms with E-state index < -0.39 is 18.4 Å². The molecule has 3 atom stereocenters. The first-order valence-corrected chi connectivity index (χ1v) is 11.1. The number of para-hydroxylation sites is 1. The van der Waals surface area contributed by atoms with Crippen molar-refractivity contribution < 1.29 is 28.8 Å². The van der Waals surface area contributed by atoms with Gasteiger partial charge in [0.05, 0.1) is 5.92 Å². The third-order valence-electron chi connectivity index (χ3n) is 5.86. The predicted octanol–water partition coefficient (Wildman–Crippen LogP) is 3.53. The quantitative estimate of drug-likeness (QED) is 0.355. The van der Waals surface area contributed by atoms with Gasteiger partial charge in [0.15, 0.2) is 12.0 Å². The van der Waals surface area contributed by atoms with Gasteiger partial charge in [-0.25, -0.2) is 0 Å². The summed E-state index contributed by atoms with van der Waals surface area (Å²) in [5.74, 6) is 0.577. The van der Waals surface area contributed by atoms with Gasteiger partial charge in [-0.2, -0.15) is 0 Å². The van der Waals surface area contributed by atoms with Crippen LogP contribution >= 0.6 is 11.6 Å². The van der Waals surface area contributed by atoms with Crippen molar-refractivity contribution in [1.82, 2.24) is 4.90 Å². The van der Waals surface area contributed by atoms with E-state index in [1.54, 1.807) is 19.9 Å². The smallest absolute Gasteiger partial charge is 0.245 e. The average molecular weight is 475 g/mol. The summed E-state index contributed by atoms with van der Waals surface area (Å²) < 4.78 is 22.6. The number of ether oxygens (including phenoxy) is 4. The van der Waals surface area contributed by atoms with Crippen molar-refractivity contribution in [3.8, 4) is 0 Å². The maximum atomic E-state index is 13.1. The van der Waals surface area contributed by atoms with Gasteiger partial charge in [-0.05, 0) is 37.1 Å². The molecule has 2 N–H and O–H groups in total. The number of hydrogen-bond donors (Lipinski definition) is 2. The van der Waals surface area contributed by atoms with Gasteiger partial charge in [0.25, 0.3) is 0 Å². The topological polar surface area (TPSA) is 89.5 Å². The Bertz CT molecular complexity index is 1060. The zero-order valence-electron chi connectivity index (χ0n) is 18.8. The van der Waals surface area contributed by atoms with Gasteiger partial charge in [0.1, 0.15) is 23.1 Å². The van der Waals surface area contributed by atoms with E-state index in [4.69, 9.17) is 30.5 Å². The number of aliphatic hydroxyl groups is 1. The summed E-state index contributed by atoms with van der Waals surface area (Å²) in [4.78, 5) is 14.4. The molecule has 33 heavy (non-hydrogen) atoms. The highest BCUT2D eigenvalue weighted by Gasteiger charge is 2.46. The monoisotopic (exact) mass is 474 g/mol. The Labute approximate surface area is 197 Å². The molecule has 1 amide bonds. The minimum atomic E-state index is -1.40. The van der Waals surface area contributed by atoms with Crippen molar-refractivity contribution in [2.45, 2.75) is 32.3 Å². The van der Waals surface area contributed by atoms with Crippen molar-refractivity contribution >= 4 is 23.2 Å². The number of allylic oxidation sites excluding steroid dienone is 2. The normalized spacial score (nSPS) is 23.1. The van der Waals surface area contributed by atoms with E-state index in [1.807, 2.05) is 24.3 Å². The number of halogens is 1. The summed E-state index contributed by atoms with van der Waals surface area (Å²) in [5.41, 5.74) is 3.43. The Kier molecular flexibility index (Phi) is 6.69. The second-order valence-corrected chi connectivity index (χ2v) is 8.20. The lowest BCUT2D eigenvalue weighted by Crippen LogP contribution is -2.42. The molecule has 4 rings (SSSR count). The number of amides is 1. The summed E-state index contributed by atoms with van der Waals surface area (Å²) in [6.07, 6.45) is -0.575. The highest BCUT2D eigenvalue weighted by Crippen LogP contribution is 2.45. The van der Waals surface area contributed by atoms with E-state index in [0.29, 0.717) is 35.0 Å². The number of rotatable bonds is 7. The Morgan fingerprint density at radius 3 is 2.82 bits per heavy atom. The molecule has 0 saturated heterocycles. The fourth-order valence-corrected chi connectivity index (χ4v) is 4.31. The minimum absolute atomic E-state index is 0.110. The fraction of sp³-hybridized carbons (Fsp3) is 0.375. The van der Waals surface area contributed by atoms with Gasteiger partial charge in [0.2, 0.25) is 18.9 Å². The fourth-order valence-electron chi connectivity index (χ4n) is 4.19. The summed E-state index contributed by atoms with van der Waals surface area (Å²) >= 11 is 5.98. The molecule has 1 aromatic rings. The Morgan fingerprint density at radius 2 is 2.18 bits per heavy atom. The Balaban J connectivity index is 1.84. The summed E-state index contributed by atoms with van der Waals surface area (Å²) in [5, 5.41) is 14.2. The number of carbonyl (C=O) groups excluding carboxylic acids is 1. The first kappa shape index (κ1) is 23.2. The van der Waals surface area contributed by atoms with Crippen LogP contribution < -0.4 is 5.32 Å². The van der Waals surface area contributed by atoms with Gasteiger partial charge in [-0.3, -0.25) is 9.69 Å². The van der Waals surface area contributed by atoms with E-state index in [-0.39, 0.29) is 24.3 Å². The molecular formula is C24H27ClN2O6. The number of benzene rings is 1. The molecule has 0 radical (unpaired) electrons. The molecule has 1 aromatic carbocycles. The SMILES string of the molecule is C=C(C)C(=CC1=C(C)OCO1)C1OC(C2CNc3ccccc32)=C(C(O)OC)N1C(=O)CCl. The van der Waals surface area contributed by atoms with Crippen LogP contribution in [0.25, 0.3) is 0 Å². The molecule has 9 heteroatoms. The molecule has 0 saturated carbocycles. The molecule has 0 aromatic heterocycles. The van der Waals surface area contributed by atoms with Gasteiger partial charge in [-0.15, -0.1) is 11.6 Å². The van der Waals surface area contributed by atoms with Crippen LogP contribution in [0.1, 0.15) is 25.3 Å². The number of carbonyl (C=O) groups is 1. The average Bonchev–Trinajstić information content (AvgIpc) is 3.52. The predicted molar refractivity (Wildman–Crippen MR) is 123 cm³/mol. The zero-order valence-corrected chi connectivity index (χ0v) is 19.5. The molecule has 3 aliphatic heterocycles. The number of nitrogens with one attached hydrogen (secondary N) is 1. The summed E-state index contributed by atoms with van der Waals surface area (Å²) in [7, 11) is 1.36. The van der Waals surface area contributed by atoms with Crippen LogP contribution in [-0.4, -0.2) is 54.8 Å². The highest BCUT2D eigenvalue weighted by atomic mass is 35.5. The van der Waals surface area contributed by atoms with Crippen LogP contribution in [0, 0.1) is 0 Å². The van der Waals surface area contributed by atoms with E-state index in [2.05, 4.69) is 11.9 Å². The lowest BCUT2D eigenvalue weighted by molar-refractivity contribution is -0.135. The highest BCUT2D eigenvalue weighted by molar-refractivity contribution is 6.27.